The van der Waals surface area contributed by atoms with E-state index in [4.69, 9.17) is 5.73 Å². The first-order valence-corrected chi connectivity index (χ1v) is 18.7. The van der Waals surface area contributed by atoms with Crippen molar-refractivity contribution < 1.29 is 9.90 Å². The highest BCUT2D eigenvalue weighted by Gasteiger charge is 2.59. The monoisotopic (exact) mass is 584 g/mol. The van der Waals surface area contributed by atoms with Gasteiger partial charge < -0.3 is 10.8 Å². The van der Waals surface area contributed by atoms with Crippen molar-refractivity contribution in [1.29, 1.82) is 0 Å². The average Bonchev–Trinajstić information content (AvgIpc) is 3.31. The number of aliphatic carboxylic acids is 1. The lowest BCUT2D eigenvalue weighted by Crippen LogP contribution is -2.51. The summed E-state index contributed by atoms with van der Waals surface area (Å²) in [6, 6.07) is 0. The molecule has 4 aliphatic carbocycles. The van der Waals surface area contributed by atoms with Gasteiger partial charge in [0.05, 0.1) is 5.92 Å². The predicted molar refractivity (Wildman–Crippen MR) is 178 cm³/mol. The van der Waals surface area contributed by atoms with Crippen molar-refractivity contribution in [3.63, 3.8) is 0 Å². The van der Waals surface area contributed by atoms with E-state index in [0.29, 0.717) is 16.7 Å². The molecule has 42 heavy (non-hydrogen) atoms. The normalized spacial score (nSPS) is 35.7. The zero-order valence-corrected chi connectivity index (χ0v) is 28.5. The smallest absolute Gasteiger partial charge is 0.306 e. The van der Waals surface area contributed by atoms with Gasteiger partial charge in [0.25, 0.3) is 0 Å². The van der Waals surface area contributed by atoms with Gasteiger partial charge in [-0.1, -0.05) is 110 Å². The van der Waals surface area contributed by atoms with E-state index in [-0.39, 0.29) is 5.92 Å². The molecular formula is C39H69NO2. The topological polar surface area (TPSA) is 63.3 Å². The van der Waals surface area contributed by atoms with Gasteiger partial charge in [0, 0.05) is 0 Å². The Balaban J connectivity index is 1.32. The van der Waals surface area contributed by atoms with Crippen LogP contribution in [-0.2, 0) is 4.79 Å². The van der Waals surface area contributed by atoms with Crippen LogP contribution < -0.4 is 5.73 Å². The molecule has 4 aliphatic rings. The molecule has 0 spiro atoms. The van der Waals surface area contributed by atoms with E-state index in [1.807, 2.05) is 0 Å². The first kappa shape index (κ1) is 34.1. The fraction of sp³-hybridized carbons (Fsp3) is 0.923. The van der Waals surface area contributed by atoms with Crippen molar-refractivity contribution in [2.45, 2.75) is 163 Å². The van der Waals surface area contributed by atoms with E-state index >= 15 is 0 Å². The second-order valence-electron chi connectivity index (χ2n) is 16.6. The largest absolute Gasteiger partial charge is 0.481 e. The molecule has 0 aliphatic heterocycles. The Morgan fingerprint density at radius 1 is 0.857 bits per heavy atom. The number of carbonyl (C=O) groups is 1. The van der Waals surface area contributed by atoms with E-state index in [1.165, 1.54) is 96.3 Å². The molecule has 0 saturated heterocycles. The fourth-order valence-electron chi connectivity index (χ4n) is 11.2. The molecule has 0 heterocycles. The van der Waals surface area contributed by atoms with Gasteiger partial charge in [-0.2, -0.15) is 0 Å². The number of allylic oxidation sites excluding steroid dienone is 2. The number of hydrogen-bond acceptors (Lipinski definition) is 2. The Morgan fingerprint density at radius 2 is 1.55 bits per heavy atom. The highest BCUT2D eigenvalue weighted by Crippen LogP contribution is 2.67. The number of unbranched alkanes of at least 4 members (excludes halogenated alkanes) is 7. The van der Waals surface area contributed by atoms with Gasteiger partial charge >= 0.3 is 5.97 Å². The molecule has 9 atom stereocenters. The maximum atomic E-state index is 12.4. The third kappa shape index (κ3) is 7.69. The molecule has 0 aromatic rings. The van der Waals surface area contributed by atoms with Crippen LogP contribution in [0.1, 0.15) is 163 Å². The quantitative estimate of drug-likeness (QED) is 0.132. The molecule has 3 N–H and O–H groups in total. The summed E-state index contributed by atoms with van der Waals surface area (Å²) in [5.41, 5.74) is 8.11. The standard InChI is InChI=1S/C39H69NO2/c1-28(2)15-14-16-29(3)34-20-21-35-33-19-18-31-27-30(22-24-38(31,4)36(33)23-25-39(34,35)5)32(37(41)42)17-12-10-8-6-7-9-11-13-26-40/h18,28-30,32-36H,6-17,19-27,40H2,1-5H3,(H,41,42)/t29-,30+,32?,33+,34-,35+,36+,38+,39-/m1/s1. The van der Waals surface area contributed by atoms with E-state index < -0.39 is 5.97 Å². The molecule has 3 saturated carbocycles. The van der Waals surface area contributed by atoms with Crippen LogP contribution in [0.4, 0.5) is 0 Å². The van der Waals surface area contributed by atoms with E-state index in [2.05, 4.69) is 40.7 Å². The first-order chi connectivity index (χ1) is 20.1. The highest BCUT2D eigenvalue weighted by atomic mass is 16.4. The molecule has 0 aromatic carbocycles. The lowest BCUT2D eigenvalue weighted by Gasteiger charge is -2.59. The molecule has 1 unspecified atom stereocenters. The van der Waals surface area contributed by atoms with Crippen molar-refractivity contribution in [2.75, 3.05) is 6.54 Å². The minimum Gasteiger partial charge on any atom is -0.481 e. The van der Waals surface area contributed by atoms with Crippen molar-refractivity contribution in [3.05, 3.63) is 11.6 Å². The van der Waals surface area contributed by atoms with Gasteiger partial charge in [-0.25, -0.2) is 0 Å². The Hall–Kier alpha value is -0.830. The minimum atomic E-state index is -0.535. The Morgan fingerprint density at radius 3 is 2.21 bits per heavy atom. The van der Waals surface area contributed by atoms with Gasteiger partial charge in [0.2, 0.25) is 0 Å². The zero-order chi connectivity index (χ0) is 30.3. The lowest BCUT2D eigenvalue weighted by atomic mass is 9.46. The summed E-state index contributed by atoms with van der Waals surface area (Å²) >= 11 is 0. The Labute approximate surface area is 260 Å². The van der Waals surface area contributed by atoms with Gasteiger partial charge in [0.15, 0.2) is 0 Å². The van der Waals surface area contributed by atoms with Crippen molar-refractivity contribution in [3.8, 4) is 0 Å². The second kappa shape index (κ2) is 15.4. The maximum absolute atomic E-state index is 12.4. The van der Waals surface area contributed by atoms with E-state index in [0.717, 1.165) is 74.2 Å². The molecule has 0 amide bonds. The number of fused-ring (bicyclic) bond motifs is 5. The predicted octanol–water partition coefficient (Wildman–Crippen LogP) is 10.8. The number of carboxylic acids is 1. The van der Waals surface area contributed by atoms with Crippen LogP contribution in [0.5, 0.6) is 0 Å². The fourth-order valence-corrected chi connectivity index (χ4v) is 11.2. The van der Waals surface area contributed by atoms with Crippen LogP contribution in [0.15, 0.2) is 11.6 Å². The molecule has 0 aromatic heterocycles. The van der Waals surface area contributed by atoms with Crippen LogP contribution in [0.25, 0.3) is 0 Å². The molecule has 0 bridgehead atoms. The van der Waals surface area contributed by atoms with Crippen molar-refractivity contribution in [1.82, 2.24) is 0 Å². The number of carboxylic acid groups (broad SMARTS) is 1. The molecule has 242 valence electrons. The van der Waals surface area contributed by atoms with Gasteiger partial charge in [-0.15, -0.1) is 0 Å². The maximum Gasteiger partial charge on any atom is 0.306 e. The third-order valence-electron chi connectivity index (χ3n) is 13.7. The third-order valence-corrected chi connectivity index (χ3v) is 13.7. The van der Waals surface area contributed by atoms with Crippen molar-refractivity contribution in [2.24, 2.45) is 63.9 Å². The van der Waals surface area contributed by atoms with Crippen LogP contribution in [0, 0.1) is 58.2 Å². The van der Waals surface area contributed by atoms with E-state index in [1.54, 1.807) is 5.57 Å². The number of nitrogens with two attached hydrogens (primary N) is 1. The summed E-state index contributed by atoms with van der Waals surface area (Å²) < 4.78 is 0. The summed E-state index contributed by atoms with van der Waals surface area (Å²) in [6.07, 6.45) is 27.9. The SMILES string of the molecule is CC(C)CCC[C@@H](C)[C@H]1CC[C@H]2[C@@H]3CC=C4C[C@@H](C(CCCCCCCCCCN)C(=O)O)CC[C@]4(C)[C@H]3CC[C@]12C. The minimum absolute atomic E-state index is 0.153. The van der Waals surface area contributed by atoms with Crippen LogP contribution in [-0.4, -0.2) is 17.6 Å². The Kier molecular flexibility index (Phi) is 12.5. The molecule has 4 rings (SSSR count). The summed E-state index contributed by atoms with van der Waals surface area (Å²) in [7, 11) is 0. The molecular weight excluding hydrogens is 514 g/mol. The molecule has 3 fully saturated rings. The summed E-state index contributed by atoms with van der Waals surface area (Å²) in [5.74, 6) is 4.83. The van der Waals surface area contributed by atoms with Gasteiger partial charge in [-0.05, 0) is 123 Å². The highest BCUT2D eigenvalue weighted by molar-refractivity contribution is 5.70. The summed E-state index contributed by atoms with van der Waals surface area (Å²) in [4.78, 5) is 12.4. The number of hydrogen-bond donors (Lipinski definition) is 2. The average molecular weight is 584 g/mol. The van der Waals surface area contributed by atoms with Gasteiger partial charge in [-0.3, -0.25) is 4.79 Å². The summed E-state index contributed by atoms with van der Waals surface area (Å²) in [6.45, 7) is 13.4. The van der Waals surface area contributed by atoms with E-state index in [9.17, 15) is 9.90 Å². The zero-order valence-electron chi connectivity index (χ0n) is 28.5. The summed E-state index contributed by atoms with van der Waals surface area (Å²) in [5, 5.41) is 10.2. The lowest BCUT2D eigenvalue weighted by molar-refractivity contribution is -0.144. The number of rotatable bonds is 17. The molecule has 3 heteroatoms. The van der Waals surface area contributed by atoms with Crippen LogP contribution in [0.2, 0.25) is 0 Å². The van der Waals surface area contributed by atoms with Crippen LogP contribution >= 0.6 is 0 Å². The van der Waals surface area contributed by atoms with Crippen LogP contribution in [0.3, 0.4) is 0 Å². The van der Waals surface area contributed by atoms with Gasteiger partial charge in [0.1, 0.15) is 0 Å². The first-order valence-electron chi connectivity index (χ1n) is 18.7. The second-order valence-corrected chi connectivity index (χ2v) is 16.6. The Bertz CT molecular complexity index is 880. The molecule has 0 radical (unpaired) electrons. The molecule has 3 nitrogen and oxygen atoms in total. The van der Waals surface area contributed by atoms with Crippen molar-refractivity contribution >= 4 is 5.97 Å².